The van der Waals surface area contributed by atoms with Gasteiger partial charge in [0.25, 0.3) is 0 Å². The molecule has 0 saturated carbocycles. The first kappa shape index (κ1) is 22.4. The number of nitrogens with one attached hydrogen (secondary N) is 2. The van der Waals surface area contributed by atoms with Crippen molar-refractivity contribution in [2.45, 2.75) is 50.4 Å². The average molecular weight is 450 g/mol. The van der Waals surface area contributed by atoms with Crippen LogP contribution in [0.15, 0.2) is 18.2 Å². The number of likely N-dealkylation sites (tertiary alicyclic amines) is 1. The van der Waals surface area contributed by atoms with Gasteiger partial charge in [-0.1, -0.05) is 0 Å². The van der Waals surface area contributed by atoms with Crippen LogP contribution in [0.2, 0.25) is 0 Å². The molecule has 3 unspecified atom stereocenters. The van der Waals surface area contributed by atoms with Gasteiger partial charge in [-0.3, -0.25) is 24.6 Å². The number of aliphatic carboxylic acids is 1. The summed E-state index contributed by atoms with van der Waals surface area (Å²) in [5.74, 6) is -2.39. The molecule has 0 radical (unpaired) electrons. The zero-order valence-electron chi connectivity index (χ0n) is 17.7. The molecule has 0 aliphatic carbocycles. The quantitative estimate of drug-likeness (QED) is 0.588. The molecule has 1 aromatic rings. The molecule has 3 fully saturated rings. The van der Waals surface area contributed by atoms with Crippen molar-refractivity contribution >= 4 is 29.2 Å². The van der Waals surface area contributed by atoms with Crippen LogP contribution in [0.25, 0.3) is 0 Å². The lowest BCUT2D eigenvalue weighted by Gasteiger charge is -2.43. The number of carbonyl (C=O) groups is 3. The Morgan fingerprint density at radius 1 is 1.12 bits per heavy atom. The molecule has 3 atom stereocenters. The topological polar surface area (TPSA) is 102 Å². The van der Waals surface area contributed by atoms with Gasteiger partial charge in [-0.2, -0.15) is 0 Å². The molecule has 3 heterocycles. The predicted molar refractivity (Wildman–Crippen MR) is 114 cm³/mol. The Balaban J connectivity index is 1.34. The Morgan fingerprint density at radius 3 is 2.50 bits per heavy atom. The van der Waals surface area contributed by atoms with Crippen molar-refractivity contribution < 1.29 is 28.3 Å². The number of amides is 2. The number of rotatable bonds is 5. The molecule has 3 saturated heterocycles. The number of carboxylic acid groups (broad SMARTS) is 1. The molecule has 10 heteroatoms. The van der Waals surface area contributed by atoms with Crippen LogP contribution in [0, 0.1) is 11.7 Å². The van der Waals surface area contributed by atoms with E-state index in [1.165, 1.54) is 6.07 Å². The van der Waals surface area contributed by atoms with Crippen LogP contribution in [0.1, 0.15) is 32.1 Å². The number of carboxylic acids is 1. The largest absolute Gasteiger partial charge is 0.481 e. The highest BCUT2D eigenvalue weighted by Gasteiger charge is 2.37. The molecule has 3 aliphatic heterocycles. The van der Waals surface area contributed by atoms with Gasteiger partial charge in [-0.25, -0.2) is 8.78 Å². The first-order valence-electron chi connectivity index (χ1n) is 11.1. The average Bonchev–Trinajstić information content (AvgIpc) is 2.76. The summed E-state index contributed by atoms with van der Waals surface area (Å²) in [5.41, 5.74) is 0.734. The number of carbonyl (C=O) groups excluding carboxylic acids is 2. The van der Waals surface area contributed by atoms with Crippen LogP contribution < -0.4 is 15.5 Å². The molecule has 2 amide bonds. The Bertz CT molecular complexity index is 891. The van der Waals surface area contributed by atoms with Crippen molar-refractivity contribution in [2.75, 3.05) is 36.4 Å². The van der Waals surface area contributed by atoms with Gasteiger partial charge in [0.2, 0.25) is 11.8 Å². The molecule has 0 bridgehead atoms. The molecule has 3 aliphatic rings. The van der Waals surface area contributed by atoms with E-state index in [0.717, 1.165) is 0 Å². The van der Waals surface area contributed by atoms with Gasteiger partial charge >= 0.3 is 5.97 Å². The molecule has 0 spiro atoms. The van der Waals surface area contributed by atoms with E-state index in [0.29, 0.717) is 56.7 Å². The van der Waals surface area contributed by atoms with Crippen molar-refractivity contribution in [1.29, 1.82) is 0 Å². The van der Waals surface area contributed by atoms with Gasteiger partial charge in [0, 0.05) is 24.7 Å². The number of anilines is 2. The second kappa shape index (κ2) is 9.40. The van der Waals surface area contributed by atoms with Crippen molar-refractivity contribution in [2.24, 2.45) is 5.92 Å². The summed E-state index contributed by atoms with van der Waals surface area (Å²) in [6.07, 6.45) is 0.997. The zero-order chi connectivity index (χ0) is 22.8. The van der Waals surface area contributed by atoms with Crippen LogP contribution in [0.3, 0.4) is 0 Å². The Labute approximate surface area is 184 Å². The van der Waals surface area contributed by atoms with E-state index in [2.05, 4.69) is 10.6 Å². The Hall–Kier alpha value is -2.75. The molecular formula is C22H28F2N4O4. The number of imide groups is 1. The fourth-order valence-electron chi connectivity index (χ4n) is 4.89. The predicted octanol–water partition coefficient (Wildman–Crippen LogP) is 1.76. The summed E-state index contributed by atoms with van der Waals surface area (Å²) in [6.45, 7) is 1.70. The van der Waals surface area contributed by atoms with E-state index in [4.69, 9.17) is 5.11 Å². The van der Waals surface area contributed by atoms with E-state index in [9.17, 15) is 18.8 Å². The fourth-order valence-corrected chi connectivity index (χ4v) is 4.89. The third kappa shape index (κ3) is 4.85. The summed E-state index contributed by atoms with van der Waals surface area (Å²) < 4.78 is 29.8. The van der Waals surface area contributed by atoms with Gasteiger partial charge in [0.05, 0.1) is 18.2 Å². The number of nitrogens with zero attached hydrogens (tertiary/aromatic N) is 2. The first-order valence-corrected chi connectivity index (χ1v) is 11.1. The monoisotopic (exact) mass is 450 g/mol. The standard InChI is InChI=1S/C22H28F2N4O4/c23-15-11-14(25-17-2-4-20(29)26-21(17)30)1-3-18(15)28-10-7-19(16(24)12-28)27-8-5-13(6-9-27)22(31)32/h1,3,11,13,16-17,19,25H,2,4-10,12H2,(H,31,32)(H,26,29,30). The summed E-state index contributed by atoms with van der Waals surface area (Å²) in [5, 5.41) is 14.3. The highest BCUT2D eigenvalue weighted by Crippen LogP contribution is 2.30. The molecule has 32 heavy (non-hydrogen) atoms. The minimum atomic E-state index is -1.16. The lowest BCUT2D eigenvalue weighted by molar-refractivity contribution is -0.143. The van der Waals surface area contributed by atoms with Gasteiger partial charge in [-0.05, 0) is 57.0 Å². The smallest absolute Gasteiger partial charge is 0.306 e. The second-order valence-corrected chi connectivity index (χ2v) is 8.78. The van der Waals surface area contributed by atoms with E-state index >= 15 is 4.39 Å². The van der Waals surface area contributed by atoms with Gasteiger partial charge in [0.15, 0.2) is 0 Å². The summed E-state index contributed by atoms with van der Waals surface area (Å²) >= 11 is 0. The Morgan fingerprint density at radius 2 is 1.88 bits per heavy atom. The summed E-state index contributed by atoms with van der Waals surface area (Å²) in [7, 11) is 0. The highest BCUT2D eigenvalue weighted by atomic mass is 19.1. The number of hydrogen-bond donors (Lipinski definition) is 3. The van der Waals surface area contributed by atoms with Gasteiger partial charge in [-0.15, -0.1) is 0 Å². The van der Waals surface area contributed by atoms with E-state index in [1.54, 1.807) is 17.0 Å². The van der Waals surface area contributed by atoms with Crippen molar-refractivity contribution in [3.63, 3.8) is 0 Å². The van der Waals surface area contributed by atoms with Crippen molar-refractivity contribution in [1.82, 2.24) is 10.2 Å². The van der Waals surface area contributed by atoms with Crippen LogP contribution in [0.5, 0.6) is 0 Å². The summed E-state index contributed by atoms with van der Waals surface area (Å²) in [4.78, 5) is 38.0. The molecule has 1 aromatic carbocycles. The van der Waals surface area contributed by atoms with E-state index in [1.807, 2.05) is 4.90 Å². The SMILES string of the molecule is O=C1CCC(Nc2ccc(N3CCC(N4CCC(C(=O)O)CC4)C(F)C3)c(F)c2)C(=O)N1. The van der Waals surface area contributed by atoms with Crippen molar-refractivity contribution in [3.8, 4) is 0 Å². The van der Waals surface area contributed by atoms with Crippen LogP contribution in [0.4, 0.5) is 20.2 Å². The van der Waals surface area contributed by atoms with E-state index < -0.39 is 29.9 Å². The third-order valence-corrected chi connectivity index (χ3v) is 6.72. The van der Waals surface area contributed by atoms with Crippen molar-refractivity contribution in [3.05, 3.63) is 24.0 Å². The third-order valence-electron chi connectivity index (χ3n) is 6.72. The number of piperidine rings is 3. The van der Waals surface area contributed by atoms with Crippen LogP contribution in [-0.4, -0.2) is 72.2 Å². The number of alkyl halides is 1. The maximum atomic E-state index is 15.0. The number of hydrogen-bond acceptors (Lipinski definition) is 6. The first-order chi connectivity index (χ1) is 15.3. The van der Waals surface area contributed by atoms with Crippen LogP contribution >= 0.6 is 0 Å². The minimum absolute atomic E-state index is 0.0698. The molecule has 0 aromatic heterocycles. The molecule has 8 nitrogen and oxygen atoms in total. The maximum absolute atomic E-state index is 15.0. The normalized spacial score (nSPS) is 27.8. The van der Waals surface area contributed by atoms with E-state index in [-0.39, 0.29) is 30.8 Å². The lowest BCUT2D eigenvalue weighted by atomic mass is 9.93. The summed E-state index contributed by atoms with van der Waals surface area (Å²) in [6, 6.07) is 3.63. The zero-order valence-corrected chi connectivity index (χ0v) is 17.7. The number of benzene rings is 1. The highest BCUT2D eigenvalue weighted by molar-refractivity contribution is 6.01. The molecule has 3 N–H and O–H groups in total. The maximum Gasteiger partial charge on any atom is 0.306 e. The fraction of sp³-hybridized carbons (Fsp3) is 0.591. The molecule has 4 rings (SSSR count). The van der Waals surface area contributed by atoms with Crippen LogP contribution in [-0.2, 0) is 14.4 Å². The molecular weight excluding hydrogens is 422 g/mol. The van der Waals surface area contributed by atoms with Gasteiger partial charge < -0.3 is 15.3 Å². The second-order valence-electron chi connectivity index (χ2n) is 8.78. The lowest BCUT2D eigenvalue weighted by Crippen LogP contribution is -2.54. The number of halogens is 2. The Kier molecular flexibility index (Phi) is 6.59. The van der Waals surface area contributed by atoms with Gasteiger partial charge in [0.1, 0.15) is 18.0 Å². The molecule has 174 valence electrons. The minimum Gasteiger partial charge on any atom is -0.481 e.